The van der Waals surface area contributed by atoms with Crippen molar-refractivity contribution in [2.45, 2.75) is 63.3 Å². The van der Waals surface area contributed by atoms with Gasteiger partial charge in [-0.15, -0.1) is 0 Å². The molecule has 0 unspecified atom stereocenters. The summed E-state index contributed by atoms with van der Waals surface area (Å²) in [5, 5.41) is 4.48. The number of sulfonamides is 1. The van der Waals surface area contributed by atoms with E-state index in [2.05, 4.69) is 15.0 Å². The zero-order valence-electron chi connectivity index (χ0n) is 21.9. The number of nitrogens with one attached hydrogen (secondary N) is 1. The third-order valence-corrected chi connectivity index (χ3v) is 9.37. The molecule has 1 aromatic carbocycles. The Morgan fingerprint density at radius 3 is 2.51 bits per heavy atom. The van der Waals surface area contributed by atoms with Crippen molar-refractivity contribution >= 4 is 21.1 Å². The summed E-state index contributed by atoms with van der Waals surface area (Å²) in [4.78, 5) is 23.3. The molecule has 200 valence electrons. The fourth-order valence-electron chi connectivity index (χ4n) is 5.62. The fraction of sp³-hybridized carbons (Fsp3) is 0.577. The van der Waals surface area contributed by atoms with Crippen LogP contribution < -0.4 is 10.3 Å². The Kier molecular flexibility index (Phi) is 7.37. The molecule has 2 aromatic heterocycles. The maximum absolute atomic E-state index is 13.7. The van der Waals surface area contributed by atoms with E-state index in [1.54, 1.807) is 34.2 Å². The van der Waals surface area contributed by atoms with Crippen molar-refractivity contribution in [3.8, 4) is 17.1 Å². The van der Waals surface area contributed by atoms with E-state index < -0.39 is 10.0 Å². The van der Waals surface area contributed by atoms with E-state index in [0.29, 0.717) is 54.5 Å². The van der Waals surface area contributed by atoms with E-state index in [4.69, 9.17) is 9.72 Å². The third kappa shape index (κ3) is 4.92. The molecule has 2 fully saturated rings. The highest BCUT2D eigenvalue weighted by atomic mass is 32.2. The summed E-state index contributed by atoms with van der Waals surface area (Å²) in [6.45, 7) is 7.54. The van der Waals surface area contributed by atoms with Crippen molar-refractivity contribution in [2.24, 2.45) is 7.05 Å². The number of aromatic amines is 1. The van der Waals surface area contributed by atoms with E-state index in [1.807, 2.05) is 13.8 Å². The first-order chi connectivity index (χ1) is 17.8. The van der Waals surface area contributed by atoms with Gasteiger partial charge in [0.2, 0.25) is 10.0 Å². The Morgan fingerprint density at radius 1 is 1.11 bits per heavy atom. The van der Waals surface area contributed by atoms with Crippen molar-refractivity contribution in [1.82, 2.24) is 29.0 Å². The fourth-order valence-corrected chi connectivity index (χ4v) is 7.12. The molecule has 5 rings (SSSR count). The molecule has 0 aliphatic carbocycles. The second kappa shape index (κ2) is 10.5. The van der Waals surface area contributed by atoms with Gasteiger partial charge in [0, 0.05) is 26.2 Å². The third-order valence-electron chi connectivity index (χ3n) is 7.47. The second-order valence-corrected chi connectivity index (χ2v) is 11.8. The van der Waals surface area contributed by atoms with Gasteiger partial charge < -0.3 is 14.6 Å². The zero-order valence-corrected chi connectivity index (χ0v) is 22.7. The molecule has 2 saturated heterocycles. The van der Waals surface area contributed by atoms with Crippen LogP contribution in [0.4, 0.5) is 0 Å². The summed E-state index contributed by atoms with van der Waals surface area (Å²) in [5.74, 6) is 0.744. The van der Waals surface area contributed by atoms with Crippen LogP contribution in [0, 0.1) is 0 Å². The maximum atomic E-state index is 13.7. The van der Waals surface area contributed by atoms with Gasteiger partial charge in [-0.05, 0) is 70.3 Å². The Morgan fingerprint density at radius 2 is 1.84 bits per heavy atom. The first-order valence-corrected chi connectivity index (χ1v) is 14.7. The number of likely N-dealkylation sites (tertiary alicyclic amines) is 1. The molecular formula is C26H36N6O4S. The van der Waals surface area contributed by atoms with E-state index in [0.717, 1.165) is 38.0 Å². The predicted octanol–water partition coefficient (Wildman–Crippen LogP) is 2.92. The number of benzene rings is 1. The smallest absolute Gasteiger partial charge is 0.277 e. The monoisotopic (exact) mass is 528 g/mol. The number of H-pyrrole nitrogens is 1. The largest absolute Gasteiger partial charge is 0.493 e. The lowest BCUT2D eigenvalue weighted by atomic mass is 10.1. The number of aryl methyl sites for hydroxylation is 2. The molecule has 0 bridgehead atoms. The molecule has 0 spiro atoms. The van der Waals surface area contributed by atoms with Crippen molar-refractivity contribution in [3.63, 3.8) is 0 Å². The number of ether oxygens (including phenoxy) is 1. The average molecular weight is 529 g/mol. The lowest BCUT2D eigenvalue weighted by molar-refractivity contribution is 0.168. The zero-order chi connectivity index (χ0) is 26.2. The minimum Gasteiger partial charge on any atom is -0.493 e. The van der Waals surface area contributed by atoms with Gasteiger partial charge >= 0.3 is 0 Å². The molecule has 0 atom stereocenters. The topological polar surface area (TPSA) is 113 Å². The van der Waals surface area contributed by atoms with Crippen LogP contribution in [0.25, 0.3) is 22.4 Å². The SMILES string of the molecule is CCCc1nn(C)c2c(=O)[nH]c(-c3cc(S(=O)(=O)N4CCC(N5CCCC5)CC4)ccc3OCC)nc12. The number of hydrogen-bond acceptors (Lipinski definition) is 7. The van der Waals surface area contributed by atoms with E-state index in [1.165, 1.54) is 12.8 Å². The van der Waals surface area contributed by atoms with Crippen LogP contribution in [0.15, 0.2) is 27.9 Å². The quantitative estimate of drug-likeness (QED) is 0.478. The normalized spacial score (nSPS) is 18.1. The van der Waals surface area contributed by atoms with Crippen LogP contribution in [0.2, 0.25) is 0 Å². The molecule has 0 amide bonds. The highest BCUT2D eigenvalue weighted by molar-refractivity contribution is 7.89. The van der Waals surface area contributed by atoms with Gasteiger partial charge in [0.05, 0.1) is 22.8 Å². The molecule has 4 heterocycles. The molecule has 2 aliphatic heterocycles. The highest BCUT2D eigenvalue weighted by Gasteiger charge is 2.33. The summed E-state index contributed by atoms with van der Waals surface area (Å²) in [6, 6.07) is 5.28. The number of rotatable bonds is 8. The van der Waals surface area contributed by atoms with Crippen LogP contribution in [-0.4, -0.2) is 76.2 Å². The molecule has 0 saturated carbocycles. The molecule has 11 heteroatoms. The van der Waals surface area contributed by atoms with Gasteiger partial charge in [0.15, 0.2) is 5.52 Å². The standard InChI is InChI=1S/C26H36N6O4S/c1-4-8-21-23-24(30(3)29-21)26(33)28-25(27-23)20-17-19(9-10-22(20)36-5-2)37(34,35)32-15-11-18(12-16-32)31-13-6-7-14-31/h9-10,17-18H,4-8,11-16H2,1-3H3,(H,27,28,33). The van der Waals surface area contributed by atoms with Crippen LogP contribution in [-0.2, 0) is 23.5 Å². The molecule has 37 heavy (non-hydrogen) atoms. The van der Waals surface area contributed by atoms with Crippen molar-refractivity contribution in [1.29, 1.82) is 0 Å². The lowest BCUT2D eigenvalue weighted by Gasteiger charge is -2.36. The van der Waals surface area contributed by atoms with Gasteiger partial charge in [-0.25, -0.2) is 13.4 Å². The summed E-state index contributed by atoms with van der Waals surface area (Å²) < 4.78 is 36.3. The van der Waals surface area contributed by atoms with Crippen LogP contribution in [0.5, 0.6) is 5.75 Å². The summed E-state index contributed by atoms with van der Waals surface area (Å²) in [5.41, 5.74) is 1.80. The number of piperidine rings is 1. The Hall–Kier alpha value is -2.76. The number of nitrogens with zero attached hydrogens (tertiary/aromatic N) is 5. The number of fused-ring (bicyclic) bond motifs is 1. The Balaban J connectivity index is 1.50. The Labute approximate surface area is 217 Å². The molecule has 1 N–H and O–H groups in total. The first-order valence-electron chi connectivity index (χ1n) is 13.3. The van der Waals surface area contributed by atoms with Crippen LogP contribution in [0.3, 0.4) is 0 Å². The van der Waals surface area contributed by atoms with Crippen LogP contribution >= 0.6 is 0 Å². The highest BCUT2D eigenvalue weighted by Crippen LogP contribution is 2.33. The minimum atomic E-state index is -3.71. The molecule has 0 radical (unpaired) electrons. The summed E-state index contributed by atoms with van der Waals surface area (Å²) in [7, 11) is -1.99. The van der Waals surface area contributed by atoms with Gasteiger partial charge in [0.1, 0.15) is 17.1 Å². The minimum absolute atomic E-state index is 0.174. The van der Waals surface area contributed by atoms with Gasteiger partial charge in [-0.1, -0.05) is 13.3 Å². The van der Waals surface area contributed by atoms with E-state index >= 15 is 0 Å². The summed E-state index contributed by atoms with van der Waals surface area (Å²) >= 11 is 0. The van der Waals surface area contributed by atoms with Crippen molar-refractivity contribution in [3.05, 3.63) is 34.2 Å². The second-order valence-electron chi connectivity index (χ2n) is 9.90. The van der Waals surface area contributed by atoms with E-state index in [9.17, 15) is 13.2 Å². The summed E-state index contributed by atoms with van der Waals surface area (Å²) in [6.07, 6.45) is 5.70. The Bertz CT molecular complexity index is 1430. The first kappa shape index (κ1) is 25.9. The predicted molar refractivity (Wildman–Crippen MR) is 142 cm³/mol. The lowest BCUT2D eigenvalue weighted by Crippen LogP contribution is -2.45. The van der Waals surface area contributed by atoms with Gasteiger partial charge in [0.25, 0.3) is 5.56 Å². The number of aromatic nitrogens is 4. The van der Waals surface area contributed by atoms with E-state index in [-0.39, 0.29) is 16.3 Å². The molecule has 2 aliphatic rings. The average Bonchev–Trinajstić information content (AvgIpc) is 3.53. The van der Waals surface area contributed by atoms with Crippen molar-refractivity contribution in [2.75, 3.05) is 32.8 Å². The van der Waals surface area contributed by atoms with Gasteiger partial charge in [-0.3, -0.25) is 9.48 Å². The van der Waals surface area contributed by atoms with Gasteiger partial charge in [-0.2, -0.15) is 9.40 Å². The maximum Gasteiger partial charge on any atom is 0.277 e. The molecular weight excluding hydrogens is 492 g/mol. The molecule has 10 nitrogen and oxygen atoms in total. The molecule has 3 aromatic rings. The van der Waals surface area contributed by atoms with Crippen LogP contribution in [0.1, 0.15) is 51.6 Å². The number of hydrogen-bond donors (Lipinski definition) is 1. The van der Waals surface area contributed by atoms with Crippen molar-refractivity contribution < 1.29 is 13.2 Å².